The highest BCUT2D eigenvalue weighted by molar-refractivity contribution is 5.85. The van der Waals surface area contributed by atoms with Gasteiger partial charge in [0.25, 0.3) is 0 Å². The summed E-state index contributed by atoms with van der Waals surface area (Å²) in [5, 5.41) is 0. The predicted molar refractivity (Wildman–Crippen MR) is 113 cm³/mol. The van der Waals surface area contributed by atoms with Gasteiger partial charge in [0.05, 0.1) is 19.8 Å². The summed E-state index contributed by atoms with van der Waals surface area (Å²) in [5.74, 6) is 0.0949. The first kappa shape index (κ1) is 24.7. The maximum absolute atomic E-state index is 12.7. The molecular weight excluding hydrogens is 403 g/mol. The van der Waals surface area contributed by atoms with Crippen LogP contribution in [0.25, 0.3) is 0 Å². The molecule has 3 rings (SSSR count). The second-order valence-electron chi connectivity index (χ2n) is 6.98. The highest BCUT2D eigenvalue weighted by Crippen LogP contribution is 2.16. The Morgan fingerprint density at radius 1 is 0.964 bits per heavy atom. The van der Waals surface area contributed by atoms with Crippen LogP contribution in [0.5, 0.6) is 0 Å². The van der Waals surface area contributed by atoms with Crippen molar-refractivity contribution in [3.05, 3.63) is 35.4 Å². The summed E-state index contributed by atoms with van der Waals surface area (Å²) >= 11 is 0. The lowest BCUT2D eigenvalue weighted by Gasteiger charge is -2.37. The zero-order valence-electron chi connectivity index (χ0n) is 16.2. The number of rotatable bonds is 4. The molecule has 2 heterocycles. The van der Waals surface area contributed by atoms with Crippen LogP contribution in [-0.2, 0) is 14.3 Å². The van der Waals surface area contributed by atoms with Gasteiger partial charge < -0.3 is 20.3 Å². The maximum Gasteiger partial charge on any atom is 0.244 e. The fourth-order valence-corrected chi connectivity index (χ4v) is 3.34. The average molecular weight is 433 g/mol. The quantitative estimate of drug-likeness (QED) is 0.762. The molecule has 28 heavy (non-hydrogen) atoms. The number of amides is 2. The smallest absolute Gasteiger partial charge is 0.244 e. The van der Waals surface area contributed by atoms with Crippen molar-refractivity contribution in [2.45, 2.75) is 13.0 Å². The zero-order chi connectivity index (χ0) is 18.5. The molecule has 1 aromatic rings. The lowest BCUT2D eigenvalue weighted by Crippen LogP contribution is -2.53. The van der Waals surface area contributed by atoms with E-state index in [2.05, 4.69) is 4.90 Å². The Balaban J connectivity index is 0.00000196. The Morgan fingerprint density at radius 3 is 2.11 bits per heavy atom. The van der Waals surface area contributed by atoms with Gasteiger partial charge in [-0.15, -0.1) is 24.8 Å². The van der Waals surface area contributed by atoms with Crippen molar-refractivity contribution in [1.29, 1.82) is 0 Å². The molecule has 1 aromatic carbocycles. The second-order valence-corrected chi connectivity index (χ2v) is 6.98. The molecule has 1 unspecified atom stereocenters. The summed E-state index contributed by atoms with van der Waals surface area (Å²) in [6.45, 7) is 7.59. The summed E-state index contributed by atoms with van der Waals surface area (Å²) in [6.07, 6.45) is 0. The summed E-state index contributed by atoms with van der Waals surface area (Å²) in [7, 11) is 0. The number of hydrogen-bond acceptors (Lipinski definition) is 5. The average Bonchev–Trinajstić information content (AvgIpc) is 2.69. The van der Waals surface area contributed by atoms with Crippen molar-refractivity contribution in [1.82, 2.24) is 14.7 Å². The lowest BCUT2D eigenvalue weighted by molar-refractivity contribution is -0.138. The fourth-order valence-electron chi connectivity index (χ4n) is 3.34. The number of piperazine rings is 1. The molecule has 158 valence electrons. The number of benzene rings is 1. The van der Waals surface area contributed by atoms with E-state index in [1.54, 1.807) is 4.90 Å². The Kier molecular flexibility index (Phi) is 10.2. The van der Waals surface area contributed by atoms with E-state index < -0.39 is 6.04 Å². The van der Waals surface area contributed by atoms with Gasteiger partial charge >= 0.3 is 0 Å². The molecule has 2 saturated heterocycles. The van der Waals surface area contributed by atoms with Crippen molar-refractivity contribution in [2.24, 2.45) is 5.73 Å². The van der Waals surface area contributed by atoms with E-state index in [9.17, 15) is 9.59 Å². The molecule has 0 spiro atoms. The highest BCUT2D eigenvalue weighted by Gasteiger charge is 2.28. The Labute approximate surface area is 179 Å². The number of nitrogens with two attached hydrogens (primary N) is 1. The normalized spacial score (nSPS) is 18.6. The van der Waals surface area contributed by atoms with Gasteiger partial charge in [0.15, 0.2) is 0 Å². The van der Waals surface area contributed by atoms with E-state index >= 15 is 0 Å². The predicted octanol–water partition coefficient (Wildman–Crippen LogP) is 0.841. The molecule has 0 radical (unpaired) electrons. The van der Waals surface area contributed by atoms with Crippen molar-refractivity contribution >= 4 is 36.6 Å². The highest BCUT2D eigenvalue weighted by atomic mass is 35.5. The van der Waals surface area contributed by atoms with Gasteiger partial charge in [-0.05, 0) is 12.5 Å². The van der Waals surface area contributed by atoms with Gasteiger partial charge in [-0.1, -0.05) is 29.8 Å². The van der Waals surface area contributed by atoms with Crippen molar-refractivity contribution in [2.75, 3.05) is 59.0 Å². The number of ether oxygens (including phenoxy) is 1. The van der Waals surface area contributed by atoms with Crippen LogP contribution >= 0.6 is 24.8 Å². The lowest BCUT2D eigenvalue weighted by atomic mass is 10.0. The van der Waals surface area contributed by atoms with Gasteiger partial charge in [-0.25, -0.2) is 0 Å². The van der Waals surface area contributed by atoms with E-state index in [4.69, 9.17) is 10.5 Å². The van der Waals surface area contributed by atoms with Gasteiger partial charge in [0.1, 0.15) is 6.04 Å². The maximum atomic E-state index is 12.7. The van der Waals surface area contributed by atoms with Crippen molar-refractivity contribution in [3.63, 3.8) is 0 Å². The fraction of sp³-hybridized carbons (Fsp3) is 0.579. The van der Waals surface area contributed by atoms with Crippen LogP contribution in [0.2, 0.25) is 0 Å². The summed E-state index contributed by atoms with van der Waals surface area (Å²) in [5.41, 5.74) is 8.14. The molecular formula is C19H30Cl2N4O3. The van der Waals surface area contributed by atoms with Gasteiger partial charge in [0.2, 0.25) is 11.8 Å². The molecule has 2 fully saturated rings. The molecule has 2 aliphatic heterocycles. The summed E-state index contributed by atoms with van der Waals surface area (Å²) < 4.78 is 5.28. The van der Waals surface area contributed by atoms with Crippen LogP contribution in [0.15, 0.2) is 24.3 Å². The van der Waals surface area contributed by atoms with Crippen LogP contribution in [0, 0.1) is 6.92 Å². The minimum atomic E-state index is -0.628. The molecule has 0 aliphatic carbocycles. The molecule has 0 bridgehead atoms. The molecule has 2 amide bonds. The van der Waals surface area contributed by atoms with E-state index in [0.717, 1.165) is 11.1 Å². The number of carbonyl (C=O) groups excluding carboxylic acids is 2. The van der Waals surface area contributed by atoms with Gasteiger partial charge in [0, 0.05) is 39.3 Å². The van der Waals surface area contributed by atoms with E-state index in [0.29, 0.717) is 59.0 Å². The Hall–Kier alpha value is -1.38. The summed E-state index contributed by atoms with van der Waals surface area (Å²) in [4.78, 5) is 30.8. The van der Waals surface area contributed by atoms with Crippen molar-refractivity contribution < 1.29 is 14.3 Å². The van der Waals surface area contributed by atoms with Gasteiger partial charge in [-0.2, -0.15) is 0 Å². The number of halogens is 2. The minimum absolute atomic E-state index is 0. The molecule has 2 N–H and O–H groups in total. The largest absolute Gasteiger partial charge is 0.378 e. The number of aryl methyl sites for hydroxylation is 1. The number of nitrogens with zero attached hydrogens (tertiary/aromatic N) is 3. The first-order chi connectivity index (χ1) is 12.5. The van der Waals surface area contributed by atoms with Crippen LogP contribution in [0.3, 0.4) is 0 Å². The molecule has 1 atom stereocenters. The SMILES string of the molecule is Cc1ccc(C(N)C(=O)N2CCN(CC(=O)N3CCOCC3)CC2)cc1.Cl.Cl. The topological polar surface area (TPSA) is 79.1 Å². The third kappa shape index (κ3) is 6.32. The van der Waals surface area contributed by atoms with Crippen LogP contribution in [0.1, 0.15) is 17.2 Å². The van der Waals surface area contributed by atoms with Crippen LogP contribution < -0.4 is 5.73 Å². The zero-order valence-corrected chi connectivity index (χ0v) is 17.8. The Bertz CT molecular complexity index is 631. The minimum Gasteiger partial charge on any atom is -0.378 e. The molecule has 2 aliphatic rings. The molecule has 0 saturated carbocycles. The van der Waals surface area contributed by atoms with Crippen molar-refractivity contribution in [3.8, 4) is 0 Å². The van der Waals surface area contributed by atoms with E-state index in [1.807, 2.05) is 36.1 Å². The summed E-state index contributed by atoms with van der Waals surface area (Å²) in [6, 6.07) is 7.14. The number of morpholine rings is 1. The molecule has 0 aromatic heterocycles. The number of carbonyl (C=O) groups is 2. The van der Waals surface area contributed by atoms with E-state index in [1.165, 1.54) is 0 Å². The van der Waals surface area contributed by atoms with Crippen LogP contribution in [0.4, 0.5) is 0 Å². The van der Waals surface area contributed by atoms with Crippen LogP contribution in [-0.4, -0.2) is 85.5 Å². The standard InChI is InChI=1S/C19H28N4O3.2ClH/c1-15-2-4-16(5-3-15)18(20)19(25)23-8-6-21(7-9-23)14-17(24)22-10-12-26-13-11-22;;/h2-5,18H,6-14,20H2,1H3;2*1H. The monoisotopic (exact) mass is 432 g/mol. The number of hydrogen-bond donors (Lipinski definition) is 1. The molecule has 9 heteroatoms. The third-order valence-electron chi connectivity index (χ3n) is 5.11. The second kappa shape index (κ2) is 11.6. The first-order valence-corrected chi connectivity index (χ1v) is 9.23. The third-order valence-corrected chi connectivity index (χ3v) is 5.11. The van der Waals surface area contributed by atoms with E-state index in [-0.39, 0.29) is 36.6 Å². The molecule has 7 nitrogen and oxygen atoms in total. The van der Waals surface area contributed by atoms with Gasteiger partial charge in [-0.3, -0.25) is 14.5 Å². The Morgan fingerprint density at radius 2 is 1.54 bits per heavy atom. The first-order valence-electron chi connectivity index (χ1n) is 9.23.